The first-order chi connectivity index (χ1) is 6.16. The molecule has 0 saturated carbocycles. The Morgan fingerprint density at radius 1 is 1.77 bits per heavy atom. The maximum Gasteiger partial charge on any atom is 0.336 e. The highest BCUT2D eigenvalue weighted by atomic mass is 16.5. The van der Waals surface area contributed by atoms with E-state index in [1.807, 2.05) is 0 Å². The number of esters is 1. The third-order valence-corrected chi connectivity index (χ3v) is 1.59. The fourth-order valence-corrected chi connectivity index (χ4v) is 0.861. The van der Waals surface area contributed by atoms with Gasteiger partial charge < -0.3 is 14.3 Å². The summed E-state index contributed by atoms with van der Waals surface area (Å²) >= 11 is 0. The largest absolute Gasteiger partial charge is 0.466 e. The van der Waals surface area contributed by atoms with Gasteiger partial charge in [0.15, 0.2) is 0 Å². The van der Waals surface area contributed by atoms with Crippen LogP contribution in [0.5, 0.6) is 0 Å². The molecule has 0 saturated heterocycles. The standard InChI is InChI=1S/C9H10O4/c1-6(9(11)12-2)8(10)7-4-3-5-13-7/h3-5,8,10H,1H2,2H3/t8-/m0/s1. The zero-order valence-electron chi connectivity index (χ0n) is 7.19. The molecular formula is C9H10O4. The number of ether oxygens (including phenoxy) is 1. The summed E-state index contributed by atoms with van der Waals surface area (Å²) in [6.45, 7) is 3.40. The lowest BCUT2D eigenvalue weighted by Gasteiger charge is -2.08. The van der Waals surface area contributed by atoms with E-state index < -0.39 is 12.1 Å². The molecule has 4 nitrogen and oxygen atoms in total. The Morgan fingerprint density at radius 3 is 2.92 bits per heavy atom. The molecule has 0 fully saturated rings. The minimum absolute atomic E-state index is 0.0440. The molecule has 4 heteroatoms. The van der Waals surface area contributed by atoms with Crippen molar-refractivity contribution in [1.82, 2.24) is 0 Å². The number of rotatable bonds is 3. The topological polar surface area (TPSA) is 59.7 Å². The molecule has 1 N–H and O–H groups in total. The van der Waals surface area contributed by atoms with E-state index in [0.29, 0.717) is 0 Å². The fourth-order valence-electron chi connectivity index (χ4n) is 0.861. The smallest absolute Gasteiger partial charge is 0.336 e. The molecule has 1 rings (SSSR count). The van der Waals surface area contributed by atoms with Crippen LogP contribution in [0.2, 0.25) is 0 Å². The van der Waals surface area contributed by atoms with E-state index in [0.717, 1.165) is 0 Å². The van der Waals surface area contributed by atoms with E-state index in [1.165, 1.54) is 13.4 Å². The number of furan rings is 1. The van der Waals surface area contributed by atoms with Crippen molar-refractivity contribution in [3.63, 3.8) is 0 Å². The molecule has 0 radical (unpaired) electrons. The molecule has 0 aliphatic carbocycles. The summed E-state index contributed by atoms with van der Waals surface area (Å²) in [4.78, 5) is 10.9. The highest BCUT2D eigenvalue weighted by Crippen LogP contribution is 2.20. The Hall–Kier alpha value is -1.55. The second kappa shape index (κ2) is 3.91. The van der Waals surface area contributed by atoms with Crippen LogP contribution in [0.25, 0.3) is 0 Å². The molecule has 1 atom stereocenters. The minimum Gasteiger partial charge on any atom is -0.466 e. The van der Waals surface area contributed by atoms with Gasteiger partial charge in [0.1, 0.15) is 11.9 Å². The predicted molar refractivity (Wildman–Crippen MR) is 44.8 cm³/mol. The summed E-state index contributed by atoms with van der Waals surface area (Å²) in [7, 11) is 1.22. The van der Waals surface area contributed by atoms with Gasteiger partial charge in [0.25, 0.3) is 0 Å². The minimum atomic E-state index is -1.14. The number of carbonyl (C=O) groups is 1. The highest BCUT2D eigenvalue weighted by Gasteiger charge is 2.20. The SMILES string of the molecule is C=C(C(=O)OC)[C@H](O)c1ccco1. The molecule has 70 valence electrons. The van der Waals surface area contributed by atoms with E-state index in [1.54, 1.807) is 12.1 Å². The van der Waals surface area contributed by atoms with Gasteiger partial charge >= 0.3 is 5.97 Å². The molecule has 1 aromatic heterocycles. The Bertz CT molecular complexity index is 299. The van der Waals surface area contributed by atoms with Gasteiger partial charge in [-0.05, 0) is 12.1 Å². The van der Waals surface area contributed by atoms with E-state index in [4.69, 9.17) is 4.42 Å². The van der Waals surface area contributed by atoms with Crippen molar-refractivity contribution >= 4 is 5.97 Å². The van der Waals surface area contributed by atoms with Crippen LogP contribution in [0.15, 0.2) is 35.0 Å². The maximum absolute atomic E-state index is 10.9. The van der Waals surface area contributed by atoms with E-state index in [2.05, 4.69) is 11.3 Å². The van der Waals surface area contributed by atoms with Gasteiger partial charge in [-0.25, -0.2) is 4.79 Å². The summed E-state index contributed by atoms with van der Waals surface area (Å²) in [5, 5.41) is 9.49. The first kappa shape index (κ1) is 9.54. The van der Waals surface area contributed by atoms with Crippen molar-refractivity contribution in [3.8, 4) is 0 Å². The van der Waals surface area contributed by atoms with Crippen molar-refractivity contribution in [2.75, 3.05) is 7.11 Å². The number of aliphatic hydroxyl groups excluding tert-OH is 1. The molecule has 0 unspecified atom stereocenters. The highest BCUT2D eigenvalue weighted by molar-refractivity contribution is 5.88. The summed E-state index contributed by atoms with van der Waals surface area (Å²) < 4.78 is 9.28. The van der Waals surface area contributed by atoms with Crippen LogP contribution >= 0.6 is 0 Å². The maximum atomic E-state index is 10.9. The van der Waals surface area contributed by atoms with E-state index in [9.17, 15) is 9.90 Å². The molecule has 0 aromatic carbocycles. The Morgan fingerprint density at radius 2 is 2.46 bits per heavy atom. The molecule has 0 spiro atoms. The van der Waals surface area contributed by atoms with Gasteiger partial charge in [-0.15, -0.1) is 0 Å². The summed E-state index contributed by atoms with van der Waals surface area (Å²) in [6.07, 6.45) is 0.269. The van der Waals surface area contributed by atoms with Gasteiger partial charge in [-0.3, -0.25) is 0 Å². The van der Waals surface area contributed by atoms with Gasteiger partial charge in [-0.1, -0.05) is 6.58 Å². The van der Waals surface area contributed by atoms with Crippen LogP contribution in [0.1, 0.15) is 11.9 Å². The third kappa shape index (κ3) is 1.97. The number of hydrogen-bond donors (Lipinski definition) is 1. The first-order valence-electron chi connectivity index (χ1n) is 3.65. The van der Waals surface area contributed by atoms with Crippen molar-refractivity contribution in [3.05, 3.63) is 36.3 Å². The lowest BCUT2D eigenvalue weighted by atomic mass is 10.1. The predicted octanol–water partition coefficient (Wildman–Crippen LogP) is 1.04. The summed E-state index contributed by atoms with van der Waals surface area (Å²) in [5.74, 6) is -0.376. The molecule has 0 amide bonds. The van der Waals surface area contributed by atoms with Crippen LogP contribution in [0, 0.1) is 0 Å². The van der Waals surface area contributed by atoms with Gasteiger partial charge in [0.05, 0.1) is 18.9 Å². The average molecular weight is 182 g/mol. The number of aliphatic hydroxyl groups is 1. The normalized spacial score (nSPS) is 12.2. The van der Waals surface area contributed by atoms with Gasteiger partial charge in [-0.2, -0.15) is 0 Å². The summed E-state index contributed by atoms with van der Waals surface area (Å²) in [5.41, 5.74) is -0.0440. The van der Waals surface area contributed by atoms with Crippen molar-refractivity contribution in [1.29, 1.82) is 0 Å². The van der Waals surface area contributed by atoms with E-state index >= 15 is 0 Å². The van der Waals surface area contributed by atoms with Gasteiger partial charge in [0.2, 0.25) is 0 Å². The van der Waals surface area contributed by atoms with Crippen LogP contribution in [-0.2, 0) is 9.53 Å². The van der Waals surface area contributed by atoms with Gasteiger partial charge in [0, 0.05) is 0 Å². The molecule has 1 heterocycles. The fraction of sp³-hybridized carbons (Fsp3) is 0.222. The monoisotopic (exact) mass is 182 g/mol. The van der Waals surface area contributed by atoms with Crippen LogP contribution < -0.4 is 0 Å². The zero-order valence-corrected chi connectivity index (χ0v) is 7.19. The van der Waals surface area contributed by atoms with Crippen LogP contribution in [0.4, 0.5) is 0 Å². The van der Waals surface area contributed by atoms with Crippen LogP contribution in [-0.4, -0.2) is 18.2 Å². The zero-order chi connectivity index (χ0) is 9.84. The molecule has 0 aliphatic rings. The molecule has 0 aliphatic heterocycles. The molecule has 0 bridgehead atoms. The van der Waals surface area contributed by atoms with Crippen LogP contribution in [0.3, 0.4) is 0 Å². The lowest BCUT2D eigenvalue weighted by molar-refractivity contribution is -0.137. The molecule has 1 aromatic rings. The molecule has 13 heavy (non-hydrogen) atoms. The summed E-state index contributed by atoms with van der Waals surface area (Å²) in [6, 6.07) is 3.17. The quantitative estimate of drug-likeness (QED) is 0.560. The van der Waals surface area contributed by atoms with E-state index in [-0.39, 0.29) is 11.3 Å². The Kier molecular flexibility index (Phi) is 2.87. The average Bonchev–Trinajstić information content (AvgIpc) is 2.67. The second-order valence-electron chi connectivity index (χ2n) is 2.43. The second-order valence-corrected chi connectivity index (χ2v) is 2.43. The van der Waals surface area contributed by atoms with Crippen molar-refractivity contribution in [2.45, 2.75) is 6.10 Å². The molecular weight excluding hydrogens is 172 g/mol. The first-order valence-corrected chi connectivity index (χ1v) is 3.65. The van der Waals surface area contributed by atoms with Crippen molar-refractivity contribution < 1.29 is 19.1 Å². The Balaban J connectivity index is 2.74. The Labute approximate surface area is 75.4 Å². The lowest BCUT2D eigenvalue weighted by Crippen LogP contribution is -2.11. The number of hydrogen-bond acceptors (Lipinski definition) is 4. The number of carbonyl (C=O) groups excluding carboxylic acids is 1. The van der Waals surface area contributed by atoms with Crippen molar-refractivity contribution in [2.24, 2.45) is 0 Å². The third-order valence-electron chi connectivity index (χ3n) is 1.59. The number of methoxy groups -OCH3 is 1.